The van der Waals surface area contributed by atoms with E-state index in [0.717, 1.165) is 24.7 Å². The van der Waals surface area contributed by atoms with E-state index in [2.05, 4.69) is 27.7 Å². The molecule has 0 aliphatic carbocycles. The summed E-state index contributed by atoms with van der Waals surface area (Å²) < 4.78 is 0. The van der Waals surface area contributed by atoms with E-state index in [0.29, 0.717) is 0 Å². The minimum Gasteiger partial charge on any atom is -0.326 e. The molecule has 2 N–H and O–H groups in total. The Bertz CT molecular complexity index is 428. The van der Waals surface area contributed by atoms with Crippen LogP contribution in [0.1, 0.15) is 25.3 Å². The highest BCUT2D eigenvalue weighted by Gasteiger charge is 2.18. The molecule has 0 saturated carbocycles. The molecule has 1 fully saturated rings. The van der Waals surface area contributed by atoms with Gasteiger partial charge in [-0.1, -0.05) is 12.1 Å². The highest BCUT2D eigenvalue weighted by molar-refractivity contribution is 5.88. The second kappa shape index (κ2) is 9.03. The summed E-state index contributed by atoms with van der Waals surface area (Å²) in [6, 6.07) is 8.16. The van der Waals surface area contributed by atoms with Gasteiger partial charge in [0.15, 0.2) is 0 Å². The molecule has 0 spiro atoms. The van der Waals surface area contributed by atoms with Gasteiger partial charge in [-0.2, -0.15) is 0 Å². The third-order valence-corrected chi connectivity index (χ3v) is 3.88. The smallest absolute Gasteiger partial charge is 0.221 e. The van der Waals surface area contributed by atoms with Crippen LogP contribution in [0.5, 0.6) is 0 Å². The number of nitrogens with zero attached hydrogens (tertiary/aromatic N) is 1. The van der Waals surface area contributed by atoms with E-state index in [4.69, 9.17) is 0 Å². The molecule has 1 aromatic rings. The van der Waals surface area contributed by atoms with Gasteiger partial charge in [-0.3, -0.25) is 9.69 Å². The van der Waals surface area contributed by atoms with Crippen molar-refractivity contribution in [3.05, 3.63) is 29.8 Å². The van der Waals surface area contributed by atoms with Gasteiger partial charge in [-0.15, -0.1) is 12.4 Å². The largest absolute Gasteiger partial charge is 0.326 e. The Balaban J connectivity index is 0.00000220. The fourth-order valence-electron chi connectivity index (χ4n) is 2.79. The molecule has 0 unspecified atom stereocenters. The lowest BCUT2D eigenvalue weighted by Crippen LogP contribution is -2.36. The summed E-state index contributed by atoms with van der Waals surface area (Å²) in [6.45, 7) is 6.04. The summed E-state index contributed by atoms with van der Waals surface area (Å²) in [7, 11) is 2.03. The van der Waals surface area contributed by atoms with E-state index in [1.54, 1.807) is 0 Å². The van der Waals surface area contributed by atoms with Crippen molar-refractivity contribution in [2.75, 3.05) is 32.0 Å². The summed E-state index contributed by atoms with van der Waals surface area (Å²) >= 11 is 0. The molecule has 4 nitrogen and oxygen atoms in total. The molecular formula is C16H26ClN3O. The van der Waals surface area contributed by atoms with Gasteiger partial charge in [0.25, 0.3) is 0 Å². The number of carbonyl (C=O) groups excluding carboxylic acids is 1. The lowest BCUT2D eigenvalue weighted by Gasteiger charge is -2.31. The Kier molecular flexibility index (Phi) is 7.72. The van der Waals surface area contributed by atoms with Crippen molar-refractivity contribution >= 4 is 24.0 Å². The summed E-state index contributed by atoms with van der Waals surface area (Å²) in [4.78, 5) is 13.5. The van der Waals surface area contributed by atoms with Gasteiger partial charge in [0.1, 0.15) is 0 Å². The summed E-state index contributed by atoms with van der Waals surface area (Å²) in [5.74, 6) is 0.808. The molecule has 1 aromatic carbocycles. The SMILES string of the molecule is CNCC1CCN(Cc2ccc(NC(C)=O)cc2)CC1.Cl. The van der Waals surface area contributed by atoms with Crippen LogP contribution in [0.15, 0.2) is 24.3 Å². The number of carbonyl (C=O) groups is 1. The maximum atomic E-state index is 11.0. The molecule has 0 aromatic heterocycles. The van der Waals surface area contributed by atoms with Crippen molar-refractivity contribution in [2.45, 2.75) is 26.3 Å². The molecule has 1 aliphatic rings. The van der Waals surface area contributed by atoms with E-state index < -0.39 is 0 Å². The van der Waals surface area contributed by atoms with E-state index in [9.17, 15) is 4.79 Å². The fraction of sp³-hybridized carbons (Fsp3) is 0.562. The quantitative estimate of drug-likeness (QED) is 0.878. The normalized spacial score (nSPS) is 16.3. The average Bonchev–Trinajstić information content (AvgIpc) is 2.43. The number of anilines is 1. The van der Waals surface area contributed by atoms with Gasteiger partial charge in [0, 0.05) is 19.2 Å². The number of piperidine rings is 1. The lowest BCUT2D eigenvalue weighted by atomic mass is 9.96. The number of likely N-dealkylation sites (tertiary alicyclic amines) is 1. The number of hydrogen-bond acceptors (Lipinski definition) is 3. The highest BCUT2D eigenvalue weighted by atomic mass is 35.5. The van der Waals surface area contributed by atoms with Crippen molar-refractivity contribution < 1.29 is 4.79 Å². The van der Waals surface area contributed by atoms with Crippen molar-refractivity contribution in [3.63, 3.8) is 0 Å². The Labute approximate surface area is 133 Å². The molecule has 1 amide bonds. The molecule has 1 saturated heterocycles. The summed E-state index contributed by atoms with van der Waals surface area (Å²) in [6.07, 6.45) is 2.57. The molecule has 2 rings (SSSR count). The second-order valence-electron chi connectivity index (χ2n) is 5.66. The molecule has 0 radical (unpaired) electrons. The second-order valence-corrected chi connectivity index (χ2v) is 5.66. The van der Waals surface area contributed by atoms with Crippen molar-refractivity contribution in [1.82, 2.24) is 10.2 Å². The Morgan fingerprint density at radius 1 is 1.24 bits per heavy atom. The van der Waals surface area contributed by atoms with E-state index in [-0.39, 0.29) is 18.3 Å². The third kappa shape index (κ3) is 6.04. The topological polar surface area (TPSA) is 44.4 Å². The molecule has 1 aliphatic heterocycles. The van der Waals surface area contributed by atoms with Crippen LogP contribution in [0.3, 0.4) is 0 Å². The van der Waals surface area contributed by atoms with E-state index in [1.807, 2.05) is 19.2 Å². The van der Waals surface area contributed by atoms with Crippen LogP contribution in [-0.4, -0.2) is 37.5 Å². The van der Waals surface area contributed by atoms with Gasteiger partial charge in [-0.25, -0.2) is 0 Å². The first-order chi connectivity index (χ1) is 9.67. The first kappa shape index (κ1) is 18.0. The average molecular weight is 312 g/mol. The molecule has 118 valence electrons. The number of benzene rings is 1. The van der Waals surface area contributed by atoms with Crippen LogP contribution in [-0.2, 0) is 11.3 Å². The molecule has 0 atom stereocenters. The maximum absolute atomic E-state index is 11.0. The third-order valence-electron chi connectivity index (χ3n) is 3.88. The predicted molar refractivity (Wildman–Crippen MR) is 89.9 cm³/mol. The van der Waals surface area contributed by atoms with Gasteiger partial charge >= 0.3 is 0 Å². The number of rotatable bonds is 5. The molecule has 21 heavy (non-hydrogen) atoms. The Hall–Kier alpha value is -1.10. The number of halogens is 1. The monoisotopic (exact) mass is 311 g/mol. The number of nitrogens with one attached hydrogen (secondary N) is 2. The van der Waals surface area contributed by atoms with Gasteiger partial charge in [-0.05, 0) is 63.1 Å². The van der Waals surface area contributed by atoms with Crippen LogP contribution in [0.4, 0.5) is 5.69 Å². The van der Waals surface area contributed by atoms with E-state index >= 15 is 0 Å². The summed E-state index contributed by atoms with van der Waals surface area (Å²) in [5, 5.41) is 6.07. The van der Waals surface area contributed by atoms with Crippen molar-refractivity contribution in [3.8, 4) is 0 Å². The van der Waals surface area contributed by atoms with Crippen LogP contribution in [0, 0.1) is 5.92 Å². The zero-order chi connectivity index (χ0) is 14.4. The lowest BCUT2D eigenvalue weighted by molar-refractivity contribution is -0.114. The standard InChI is InChI=1S/C16H25N3O.ClH/c1-13(20)18-16-5-3-15(4-6-16)12-19-9-7-14(8-10-19)11-17-2;/h3-6,14,17H,7-12H2,1-2H3,(H,18,20);1H. The summed E-state index contributed by atoms with van der Waals surface area (Å²) in [5.41, 5.74) is 2.18. The number of hydrogen-bond donors (Lipinski definition) is 2. The minimum atomic E-state index is -0.0237. The van der Waals surface area contributed by atoms with Crippen molar-refractivity contribution in [1.29, 1.82) is 0 Å². The zero-order valence-corrected chi connectivity index (χ0v) is 13.7. The van der Waals surface area contributed by atoms with Crippen LogP contribution >= 0.6 is 12.4 Å². The Morgan fingerprint density at radius 3 is 2.38 bits per heavy atom. The van der Waals surface area contributed by atoms with Crippen molar-refractivity contribution in [2.24, 2.45) is 5.92 Å². The maximum Gasteiger partial charge on any atom is 0.221 e. The minimum absolute atomic E-state index is 0. The van der Waals surface area contributed by atoms with Crippen LogP contribution in [0.25, 0.3) is 0 Å². The predicted octanol–water partition coefficient (Wildman–Crippen LogP) is 2.50. The van der Waals surface area contributed by atoms with Crippen LogP contribution < -0.4 is 10.6 Å². The molecule has 0 bridgehead atoms. The van der Waals surface area contributed by atoms with Gasteiger partial charge in [0.05, 0.1) is 0 Å². The van der Waals surface area contributed by atoms with E-state index in [1.165, 1.54) is 38.4 Å². The first-order valence-electron chi connectivity index (χ1n) is 7.41. The van der Waals surface area contributed by atoms with Crippen LogP contribution in [0.2, 0.25) is 0 Å². The number of amides is 1. The fourth-order valence-corrected chi connectivity index (χ4v) is 2.79. The first-order valence-corrected chi connectivity index (χ1v) is 7.41. The Morgan fingerprint density at radius 2 is 1.86 bits per heavy atom. The van der Waals surface area contributed by atoms with Gasteiger partial charge < -0.3 is 10.6 Å². The molecule has 1 heterocycles. The van der Waals surface area contributed by atoms with Gasteiger partial charge in [0.2, 0.25) is 5.91 Å². The highest BCUT2D eigenvalue weighted by Crippen LogP contribution is 2.19. The molecular weight excluding hydrogens is 286 g/mol. The zero-order valence-electron chi connectivity index (χ0n) is 12.9. The molecule has 5 heteroatoms.